The van der Waals surface area contributed by atoms with E-state index in [0.29, 0.717) is 6.54 Å². The molecule has 0 radical (unpaired) electrons. The standard InChI is InChI=1S/C16H18FNO3/c17-13-7-4-12(5-8-13)6-9-15(19)18-10-2-1-3-14(18)11-16(20)21/h4-9,14H,1-3,10-11H2,(H,20,21)/b9-6+. The molecule has 4 nitrogen and oxygen atoms in total. The summed E-state index contributed by atoms with van der Waals surface area (Å²) in [6.45, 7) is 0.588. The number of carbonyl (C=O) groups is 2. The molecule has 1 N–H and O–H groups in total. The smallest absolute Gasteiger partial charge is 0.305 e. The Morgan fingerprint density at radius 1 is 1.29 bits per heavy atom. The number of benzene rings is 1. The summed E-state index contributed by atoms with van der Waals surface area (Å²) in [7, 11) is 0. The molecule has 1 amide bonds. The quantitative estimate of drug-likeness (QED) is 0.868. The molecule has 1 aliphatic rings. The first-order valence-corrected chi connectivity index (χ1v) is 7.02. The third-order valence-corrected chi connectivity index (χ3v) is 3.61. The maximum absolute atomic E-state index is 12.8. The van der Waals surface area contributed by atoms with Gasteiger partial charge in [-0.3, -0.25) is 9.59 Å². The fourth-order valence-electron chi connectivity index (χ4n) is 2.54. The van der Waals surface area contributed by atoms with Crippen molar-refractivity contribution < 1.29 is 19.1 Å². The van der Waals surface area contributed by atoms with Crippen LogP contribution in [0.15, 0.2) is 30.3 Å². The van der Waals surface area contributed by atoms with E-state index in [0.717, 1.165) is 24.8 Å². The van der Waals surface area contributed by atoms with Gasteiger partial charge < -0.3 is 10.0 Å². The number of rotatable bonds is 4. The molecule has 2 rings (SSSR count). The van der Waals surface area contributed by atoms with Crippen molar-refractivity contribution in [2.24, 2.45) is 0 Å². The number of carboxylic acid groups (broad SMARTS) is 1. The lowest BCUT2D eigenvalue weighted by Gasteiger charge is -2.34. The molecular formula is C16H18FNO3. The number of carboxylic acids is 1. The number of nitrogens with zero attached hydrogens (tertiary/aromatic N) is 1. The molecule has 1 aromatic rings. The van der Waals surface area contributed by atoms with E-state index in [1.54, 1.807) is 23.1 Å². The second-order valence-electron chi connectivity index (χ2n) is 5.16. The van der Waals surface area contributed by atoms with Crippen LogP contribution in [0, 0.1) is 5.82 Å². The van der Waals surface area contributed by atoms with E-state index < -0.39 is 5.97 Å². The molecule has 1 heterocycles. The monoisotopic (exact) mass is 291 g/mol. The summed E-state index contributed by atoms with van der Waals surface area (Å²) in [6.07, 6.45) is 5.59. The molecule has 1 atom stereocenters. The van der Waals surface area contributed by atoms with Gasteiger partial charge in [0.15, 0.2) is 0 Å². The lowest BCUT2D eigenvalue weighted by molar-refractivity contribution is -0.140. The SMILES string of the molecule is O=C(O)CC1CCCCN1C(=O)/C=C/c1ccc(F)cc1. The van der Waals surface area contributed by atoms with Gasteiger partial charge in [-0.1, -0.05) is 12.1 Å². The Bertz CT molecular complexity index is 539. The molecule has 0 saturated carbocycles. The van der Waals surface area contributed by atoms with E-state index in [1.807, 2.05) is 0 Å². The maximum atomic E-state index is 12.8. The van der Waals surface area contributed by atoms with Crippen LogP contribution < -0.4 is 0 Å². The van der Waals surface area contributed by atoms with Crippen LogP contribution in [0.5, 0.6) is 0 Å². The molecular weight excluding hydrogens is 273 g/mol. The van der Waals surface area contributed by atoms with Gasteiger partial charge >= 0.3 is 5.97 Å². The molecule has 0 spiro atoms. The number of piperidine rings is 1. The van der Waals surface area contributed by atoms with Gasteiger partial charge in [-0.15, -0.1) is 0 Å². The van der Waals surface area contributed by atoms with E-state index in [-0.39, 0.29) is 24.2 Å². The fraction of sp³-hybridized carbons (Fsp3) is 0.375. The molecule has 1 saturated heterocycles. The second-order valence-corrected chi connectivity index (χ2v) is 5.16. The van der Waals surface area contributed by atoms with Gasteiger partial charge in [0.05, 0.1) is 6.42 Å². The van der Waals surface area contributed by atoms with Gasteiger partial charge in [0.25, 0.3) is 0 Å². The van der Waals surface area contributed by atoms with Gasteiger partial charge in [0.2, 0.25) is 5.91 Å². The zero-order valence-corrected chi connectivity index (χ0v) is 11.7. The zero-order valence-electron chi connectivity index (χ0n) is 11.7. The Balaban J connectivity index is 2.03. The number of hydrogen-bond donors (Lipinski definition) is 1. The van der Waals surface area contributed by atoms with Crippen LogP contribution in [0.25, 0.3) is 6.08 Å². The summed E-state index contributed by atoms with van der Waals surface area (Å²) < 4.78 is 12.8. The minimum absolute atomic E-state index is 0.0177. The molecule has 21 heavy (non-hydrogen) atoms. The van der Waals surface area contributed by atoms with E-state index >= 15 is 0 Å². The van der Waals surface area contributed by atoms with E-state index in [4.69, 9.17) is 5.11 Å². The topological polar surface area (TPSA) is 57.6 Å². The largest absolute Gasteiger partial charge is 0.481 e. The third-order valence-electron chi connectivity index (χ3n) is 3.61. The molecule has 0 aromatic heterocycles. The van der Waals surface area contributed by atoms with Crippen LogP contribution in [0.1, 0.15) is 31.2 Å². The zero-order chi connectivity index (χ0) is 15.2. The van der Waals surface area contributed by atoms with Crippen molar-refractivity contribution in [1.82, 2.24) is 4.90 Å². The Morgan fingerprint density at radius 2 is 2.00 bits per heavy atom. The summed E-state index contributed by atoms with van der Waals surface area (Å²) in [5.74, 6) is -1.40. The highest BCUT2D eigenvalue weighted by Crippen LogP contribution is 2.20. The highest BCUT2D eigenvalue weighted by Gasteiger charge is 2.27. The first-order valence-electron chi connectivity index (χ1n) is 7.02. The number of halogens is 1. The molecule has 1 fully saturated rings. The highest BCUT2D eigenvalue weighted by molar-refractivity contribution is 5.92. The van der Waals surface area contributed by atoms with Crippen LogP contribution in [-0.2, 0) is 9.59 Å². The lowest BCUT2D eigenvalue weighted by atomic mass is 9.99. The number of aliphatic carboxylic acids is 1. The van der Waals surface area contributed by atoms with Crippen LogP contribution in [0.2, 0.25) is 0 Å². The molecule has 0 aliphatic carbocycles. The molecule has 1 aromatic carbocycles. The van der Waals surface area contributed by atoms with Crippen molar-refractivity contribution in [3.63, 3.8) is 0 Å². The van der Waals surface area contributed by atoms with E-state index in [2.05, 4.69) is 0 Å². The fourth-order valence-corrected chi connectivity index (χ4v) is 2.54. The second kappa shape index (κ2) is 7.02. The van der Waals surface area contributed by atoms with Crippen LogP contribution in [-0.4, -0.2) is 34.5 Å². The predicted molar refractivity (Wildman–Crippen MR) is 77.0 cm³/mol. The normalized spacial score (nSPS) is 18.9. The minimum atomic E-state index is -0.887. The van der Waals surface area contributed by atoms with Crippen LogP contribution in [0.3, 0.4) is 0 Å². The van der Waals surface area contributed by atoms with Crippen LogP contribution >= 0.6 is 0 Å². The number of carbonyl (C=O) groups excluding carboxylic acids is 1. The van der Waals surface area contributed by atoms with Crippen molar-refractivity contribution >= 4 is 18.0 Å². The molecule has 1 aliphatic heterocycles. The highest BCUT2D eigenvalue weighted by atomic mass is 19.1. The molecule has 112 valence electrons. The number of amides is 1. The van der Waals surface area contributed by atoms with Gasteiger partial charge in [0, 0.05) is 18.7 Å². The van der Waals surface area contributed by atoms with E-state index in [9.17, 15) is 14.0 Å². The summed E-state index contributed by atoms with van der Waals surface area (Å²) in [5, 5.41) is 8.91. The van der Waals surface area contributed by atoms with Gasteiger partial charge in [-0.25, -0.2) is 4.39 Å². The van der Waals surface area contributed by atoms with Gasteiger partial charge in [-0.05, 0) is 43.0 Å². The molecule has 0 bridgehead atoms. The van der Waals surface area contributed by atoms with E-state index in [1.165, 1.54) is 18.2 Å². The van der Waals surface area contributed by atoms with Crippen LogP contribution in [0.4, 0.5) is 4.39 Å². The Kier molecular flexibility index (Phi) is 5.09. The Morgan fingerprint density at radius 3 is 2.67 bits per heavy atom. The van der Waals surface area contributed by atoms with Gasteiger partial charge in [0.1, 0.15) is 5.82 Å². The predicted octanol–water partition coefficient (Wildman–Crippen LogP) is 2.69. The average Bonchev–Trinajstić information content (AvgIpc) is 2.46. The molecule has 5 heteroatoms. The number of likely N-dealkylation sites (tertiary alicyclic amines) is 1. The summed E-state index contributed by atoms with van der Waals surface area (Å²) in [6, 6.07) is 5.60. The first kappa shape index (κ1) is 15.2. The molecule has 1 unspecified atom stereocenters. The summed E-state index contributed by atoms with van der Waals surface area (Å²) >= 11 is 0. The van der Waals surface area contributed by atoms with Crippen molar-refractivity contribution in [2.75, 3.05) is 6.54 Å². The first-order chi connectivity index (χ1) is 10.1. The van der Waals surface area contributed by atoms with Crippen molar-refractivity contribution in [3.8, 4) is 0 Å². The average molecular weight is 291 g/mol. The van der Waals surface area contributed by atoms with Gasteiger partial charge in [-0.2, -0.15) is 0 Å². The third kappa shape index (κ3) is 4.41. The lowest BCUT2D eigenvalue weighted by Crippen LogP contribution is -2.44. The Labute approximate surface area is 122 Å². The summed E-state index contributed by atoms with van der Waals surface area (Å²) in [4.78, 5) is 24.7. The van der Waals surface area contributed by atoms with Crippen molar-refractivity contribution in [1.29, 1.82) is 0 Å². The summed E-state index contributed by atoms with van der Waals surface area (Å²) in [5.41, 5.74) is 0.733. The number of hydrogen-bond acceptors (Lipinski definition) is 2. The van der Waals surface area contributed by atoms with Crippen molar-refractivity contribution in [3.05, 3.63) is 41.7 Å². The maximum Gasteiger partial charge on any atom is 0.305 e. The Hall–Kier alpha value is -2.17. The minimum Gasteiger partial charge on any atom is -0.481 e. The van der Waals surface area contributed by atoms with Crippen molar-refractivity contribution in [2.45, 2.75) is 31.7 Å².